The quantitative estimate of drug-likeness (QED) is 0.870. The number of nitrogens with zero attached hydrogens (tertiary/aromatic N) is 2. The van der Waals surface area contributed by atoms with Crippen molar-refractivity contribution in [3.05, 3.63) is 11.9 Å². The lowest BCUT2D eigenvalue weighted by Gasteiger charge is -2.29. The molecule has 1 N–H and O–H groups in total. The van der Waals surface area contributed by atoms with Crippen LogP contribution in [0.4, 0.5) is 5.95 Å². The molecule has 20 heavy (non-hydrogen) atoms. The maximum atomic E-state index is 4.69. The molecule has 1 saturated carbocycles. The smallest absolute Gasteiger partial charge is 0.203 e. The molecule has 2 rings (SSSR count). The first-order valence-corrected chi connectivity index (χ1v) is 8.16. The molecule has 114 valence electrons. The highest BCUT2D eigenvalue weighted by atomic mass is 15.2. The van der Waals surface area contributed by atoms with Crippen LogP contribution in [0.5, 0.6) is 0 Å². The molecule has 1 heterocycles. The fourth-order valence-corrected chi connectivity index (χ4v) is 2.80. The maximum absolute atomic E-state index is 4.69. The second kappa shape index (κ2) is 6.19. The Morgan fingerprint density at radius 3 is 2.55 bits per heavy atom. The molecule has 0 spiro atoms. The molecule has 3 nitrogen and oxygen atoms in total. The minimum atomic E-state index is 0.334. The Balaban J connectivity index is 2.05. The number of aryl methyl sites for hydroxylation is 1. The number of hydrogen-bond acceptors (Lipinski definition) is 2. The molecule has 1 aromatic rings. The van der Waals surface area contributed by atoms with E-state index in [1.807, 2.05) is 0 Å². The van der Waals surface area contributed by atoms with Crippen LogP contribution in [0.15, 0.2) is 6.20 Å². The van der Waals surface area contributed by atoms with Crippen LogP contribution in [-0.4, -0.2) is 15.6 Å². The van der Waals surface area contributed by atoms with Crippen LogP contribution in [0, 0.1) is 18.3 Å². The summed E-state index contributed by atoms with van der Waals surface area (Å²) in [6, 6.07) is 0.620. The van der Waals surface area contributed by atoms with Gasteiger partial charge in [0.2, 0.25) is 5.95 Å². The molecule has 1 aliphatic carbocycles. The van der Waals surface area contributed by atoms with E-state index in [4.69, 9.17) is 4.98 Å². The van der Waals surface area contributed by atoms with Crippen LogP contribution in [-0.2, 0) is 6.54 Å². The van der Waals surface area contributed by atoms with E-state index < -0.39 is 0 Å². The van der Waals surface area contributed by atoms with E-state index in [0.717, 1.165) is 18.2 Å². The van der Waals surface area contributed by atoms with Gasteiger partial charge >= 0.3 is 0 Å². The van der Waals surface area contributed by atoms with E-state index in [9.17, 15) is 0 Å². The Morgan fingerprint density at radius 1 is 1.30 bits per heavy atom. The fourth-order valence-electron chi connectivity index (χ4n) is 2.80. The highest BCUT2D eigenvalue weighted by molar-refractivity contribution is 5.30. The molecule has 1 aromatic heterocycles. The average Bonchev–Trinajstić information content (AvgIpc) is 2.69. The molecule has 0 amide bonds. The molecule has 1 unspecified atom stereocenters. The third-order valence-corrected chi connectivity index (χ3v) is 4.78. The molecule has 0 aromatic carbocycles. The van der Waals surface area contributed by atoms with Gasteiger partial charge in [-0.25, -0.2) is 4.98 Å². The summed E-state index contributed by atoms with van der Waals surface area (Å²) in [5.74, 6) is 1.70. The molecule has 0 radical (unpaired) electrons. The van der Waals surface area contributed by atoms with Crippen molar-refractivity contribution in [1.82, 2.24) is 9.55 Å². The van der Waals surface area contributed by atoms with Crippen LogP contribution in [0.25, 0.3) is 0 Å². The minimum Gasteiger partial charge on any atom is -0.353 e. The summed E-state index contributed by atoms with van der Waals surface area (Å²) in [5.41, 5.74) is 1.45. The van der Waals surface area contributed by atoms with Crippen molar-refractivity contribution < 1.29 is 0 Å². The molecule has 1 aliphatic rings. The second-order valence-electron chi connectivity index (χ2n) is 7.60. The SMILES string of the molecule is Cc1cn(CC(C)C(C)(C)C)c(NC2CCCCC2)n1. The Kier molecular flexibility index (Phi) is 4.77. The summed E-state index contributed by atoms with van der Waals surface area (Å²) < 4.78 is 2.32. The van der Waals surface area contributed by atoms with E-state index in [-0.39, 0.29) is 0 Å². The second-order valence-corrected chi connectivity index (χ2v) is 7.60. The van der Waals surface area contributed by atoms with E-state index in [2.05, 4.69) is 50.7 Å². The monoisotopic (exact) mass is 277 g/mol. The predicted molar refractivity (Wildman–Crippen MR) is 86.1 cm³/mol. The van der Waals surface area contributed by atoms with Crippen LogP contribution in [0.1, 0.15) is 65.5 Å². The zero-order valence-electron chi connectivity index (χ0n) is 13.9. The summed E-state index contributed by atoms with van der Waals surface area (Å²) >= 11 is 0. The number of rotatable bonds is 4. The minimum absolute atomic E-state index is 0.334. The van der Waals surface area contributed by atoms with E-state index >= 15 is 0 Å². The highest BCUT2D eigenvalue weighted by Crippen LogP contribution is 2.28. The van der Waals surface area contributed by atoms with Gasteiger partial charge in [-0.15, -0.1) is 0 Å². The first-order valence-electron chi connectivity index (χ1n) is 8.16. The molecular formula is C17H31N3. The zero-order valence-corrected chi connectivity index (χ0v) is 13.9. The zero-order chi connectivity index (χ0) is 14.8. The number of hydrogen-bond donors (Lipinski definition) is 1. The van der Waals surface area contributed by atoms with Gasteiger partial charge in [0.15, 0.2) is 0 Å². The van der Waals surface area contributed by atoms with Crippen LogP contribution in [0.2, 0.25) is 0 Å². The summed E-state index contributed by atoms with van der Waals surface area (Å²) in [7, 11) is 0. The van der Waals surface area contributed by atoms with Gasteiger partial charge in [-0.3, -0.25) is 0 Å². The molecule has 0 aliphatic heterocycles. The topological polar surface area (TPSA) is 29.9 Å². The summed E-state index contributed by atoms with van der Waals surface area (Å²) in [6.07, 6.45) is 8.88. The van der Waals surface area contributed by atoms with E-state index in [1.54, 1.807) is 0 Å². The van der Waals surface area contributed by atoms with Gasteiger partial charge in [-0.2, -0.15) is 0 Å². The van der Waals surface area contributed by atoms with Crippen molar-refractivity contribution in [3.8, 4) is 0 Å². The molecule has 3 heteroatoms. The van der Waals surface area contributed by atoms with Crippen LogP contribution in [0.3, 0.4) is 0 Å². The number of nitrogens with one attached hydrogen (secondary N) is 1. The van der Waals surface area contributed by atoms with Gasteiger partial charge in [0.1, 0.15) is 0 Å². The third-order valence-electron chi connectivity index (χ3n) is 4.78. The summed E-state index contributed by atoms with van der Waals surface area (Å²) in [6.45, 7) is 12.4. The lowest BCUT2D eigenvalue weighted by Crippen LogP contribution is -2.26. The van der Waals surface area contributed by atoms with Gasteiger partial charge in [-0.05, 0) is 31.1 Å². The standard InChI is InChI=1S/C17H31N3/c1-13(17(3,4)5)11-20-12-14(2)18-16(20)19-15-9-7-6-8-10-15/h12-13,15H,6-11H2,1-5H3,(H,18,19). The molecule has 0 bridgehead atoms. The highest BCUT2D eigenvalue weighted by Gasteiger charge is 2.22. The van der Waals surface area contributed by atoms with Crippen molar-refractivity contribution in [1.29, 1.82) is 0 Å². The predicted octanol–water partition coefficient (Wildman–Crippen LogP) is 4.62. The van der Waals surface area contributed by atoms with Crippen LogP contribution < -0.4 is 5.32 Å². The summed E-state index contributed by atoms with van der Waals surface area (Å²) in [5, 5.41) is 3.68. The number of aromatic nitrogens is 2. The first-order chi connectivity index (χ1) is 9.36. The van der Waals surface area contributed by atoms with Gasteiger partial charge in [-0.1, -0.05) is 47.0 Å². The molecule has 1 fully saturated rings. The summed E-state index contributed by atoms with van der Waals surface area (Å²) in [4.78, 5) is 4.69. The van der Waals surface area contributed by atoms with Crippen molar-refractivity contribution in [3.63, 3.8) is 0 Å². The van der Waals surface area contributed by atoms with Gasteiger partial charge < -0.3 is 9.88 Å². The lowest BCUT2D eigenvalue weighted by atomic mass is 9.82. The molecular weight excluding hydrogens is 246 g/mol. The Morgan fingerprint density at radius 2 is 1.95 bits per heavy atom. The van der Waals surface area contributed by atoms with Gasteiger partial charge in [0.25, 0.3) is 0 Å². The van der Waals surface area contributed by atoms with Crippen molar-refractivity contribution in [2.75, 3.05) is 5.32 Å². The van der Waals surface area contributed by atoms with E-state index in [0.29, 0.717) is 17.4 Å². The lowest BCUT2D eigenvalue weighted by molar-refractivity contribution is 0.233. The Labute approximate surface area is 124 Å². The fraction of sp³-hybridized carbons (Fsp3) is 0.824. The van der Waals surface area contributed by atoms with Crippen molar-refractivity contribution in [2.24, 2.45) is 11.3 Å². The first kappa shape index (κ1) is 15.4. The normalized spacial score (nSPS) is 19.1. The maximum Gasteiger partial charge on any atom is 0.203 e. The third kappa shape index (κ3) is 4.00. The number of anilines is 1. The van der Waals surface area contributed by atoms with Crippen molar-refractivity contribution >= 4 is 5.95 Å². The Bertz CT molecular complexity index is 422. The average molecular weight is 277 g/mol. The van der Waals surface area contributed by atoms with Crippen molar-refractivity contribution in [2.45, 2.75) is 79.3 Å². The van der Waals surface area contributed by atoms with E-state index in [1.165, 1.54) is 32.1 Å². The van der Waals surface area contributed by atoms with Gasteiger partial charge in [0, 0.05) is 18.8 Å². The molecule has 1 atom stereocenters. The Hall–Kier alpha value is -0.990. The van der Waals surface area contributed by atoms with Crippen LogP contribution >= 0.6 is 0 Å². The largest absolute Gasteiger partial charge is 0.353 e. The number of imidazole rings is 1. The van der Waals surface area contributed by atoms with Gasteiger partial charge in [0.05, 0.1) is 5.69 Å². The molecule has 0 saturated heterocycles.